The summed E-state index contributed by atoms with van der Waals surface area (Å²) in [7, 11) is 2.90. The van der Waals surface area contributed by atoms with Gasteiger partial charge >= 0.3 is 0 Å². The molecule has 1 atom stereocenters. The summed E-state index contributed by atoms with van der Waals surface area (Å²) in [5.74, 6) is -0.186. The number of benzene rings is 2. The minimum Gasteiger partial charge on any atom is -0.493 e. The average molecular weight is 357 g/mol. The molecule has 0 aliphatic rings. The van der Waals surface area contributed by atoms with Crippen molar-refractivity contribution in [3.05, 3.63) is 58.7 Å². The summed E-state index contributed by atoms with van der Waals surface area (Å²) in [5, 5.41) is 0. The van der Waals surface area contributed by atoms with E-state index in [9.17, 15) is 8.78 Å². The van der Waals surface area contributed by atoms with Crippen molar-refractivity contribution >= 4 is 15.9 Å². The highest BCUT2D eigenvalue weighted by molar-refractivity contribution is 9.09. The lowest BCUT2D eigenvalue weighted by Gasteiger charge is -2.16. The lowest BCUT2D eigenvalue weighted by Crippen LogP contribution is -2.02. The fourth-order valence-electron chi connectivity index (χ4n) is 2.07. The van der Waals surface area contributed by atoms with E-state index in [1.54, 1.807) is 19.1 Å². The van der Waals surface area contributed by atoms with Gasteiger partial charge < -0.3 is 9.47 Å². The van der Waals surface area contributed by atoms with Crippen molar-refractivity contribution in [1.82, 2.24) is 0 Å². The first kappa shape index (κ1) is 15.8. The second kappa shape index (κ2) is 6.43. The highest BCUT2D eigenvalue weighted by atomic mass is 79.9. The summed E-state index contributed by atoms with van der Waals surface area (Å²) < 4.78 is 38.5. The molecule has 0 radical (unpaired) electrons. The van der Waals surface area contributed by atoms with Crippen LogP contribution >= 0.6 is 15.9 Å². The van der Waals surface area contributed by atoms with Crippen molar-refractivity contribution in [3.63, 3.8) is 0 Å². The van der Waals surface area contributed by atoms with Crippen LogP contribution in [-0.4, -0.2) is 14.2 Å². The molecule has 0 saturated heterocycles. The molecule has 21 heavy (non-hydrogen) atoms. The molecule has 2 aromatic rings. The molecule has 0 aliphatic carbocycles. The molecule has 112 valence electrons. The molecule has 0 aromatic heterocycles. The van der Waals surface area contributed by atoms with Gasteiger partial charge in [-0.25, -0.2) is 8.78 Å². The van der Waals surface area contributed by atoms with Gasteiger partial charge in [0, 0.05) is 17.2 Å². The number of methoxy groups -OCH3 is 2. The standard InChI is InChI=1S/C16H15BrF2O2/c1-9-4-5-10(12(18)6-9)16(17)11-7-14(20-2)15(21-3)8-13(11)19/h4-8,16H,1-3H3. The van der Waals surface area contributed by atoms with Crippen LogP contribution in [0.25, 0.3) is 0 Å². The third kappa shape index (κ3) is 3.18. The second-order valence-corrected chi connectivity index (χ2v) is 5.53. The van der Waals surface area contributed by atoms with Crippen LogP contribution in [0.3, 0.4) is 0 Å². The minimum atomic E-state index is -0.613. The first-order valence-electron chi connectivity index (χ1n) is 6.29. The summed E-state index contributed by atoms with van der Waals surface area (Å²) >= 11 is 3.35. The summed E-state index contributed by atoms with van der Waals surface area (Å²) in [4.78, 5) is -0.613. The fraction of sp³-hybridized carbons (Fsp3) is 0.250. The van der Waals surface area contributed by atoms with Crippen molar-refractivity contribution in [2.75, 3.05) is 14.2 Å². The maximum atomic E-state index is 14.2. The van der Waals surface area contributed by atoms with Crippen molar-refractivity contribution in [2.45, 2.75) is 11.8 Å². The van der Waals surface area contributed by atoms with E-state index in [1.807, 2.05) is 0 Å². The van der Waals surface area contributed by atoms with E-state index in [2.05, 4.69) is 15.9 Å². The lowest BCUT2D eigenvalue weighted by molar-refractivity contribution is 0.351. The van der Waals surface area contributed by atoms with Crippen molar-refractivity contribution in [2.24, 2.45) is 0 Å². The molecule has 0 saturated carbocycles. The highest BCUT2D eigenvalue weighted by Crippen LogP contribution is 2.39. The first-order chi connectivity index (χ1) is 9.97. The predicted octanol–water partition coefficient (Wildman–Crippen LogP) is 4.77. The summed E-state index contributed by atoms with van der Waals surface area (Å²) in [5.41, 5.74) is 1.46. The molecule has 1 unspecified atom stereocenters. The third-order valence-corrected chi connectivity index (χ3v) is 4.19. The van der Waals surface area contributed by atoms with E-state index in [1.165, 1.54) is 32.4 Å². The molecule has 2 aromatic carbocycles. The lowest BCUT2D eigenvalue weighted by atomic mass is 10.0. The molecule has 0 heterocycles. The molecule has 0 N–H and O–H groups in total. The Bertz CT molecular complexity index is 659. The Morgan fingerprint density at radius 2 is 1.48 bits per heavy atom. The first-order valence-corrected chi connectivity index (χ1v) is 7.21. The largest absolute Gasteiger partial charge is 0.493 e. The smallest absolute Gasteiger partial charge is 0.163 e. The van der Waals surface area contributed by atoms with E-state index in [0.717, 1.165) is 5.56 Å². The summed E-state index contributed by atoms with van der Waals surface area (Å²) in [6.45, 7) is 1.80. The number of rotatable bonds is 4. The van der Waals surface area contributed by atoms with Gasteiger partial charge in [0.1, 0.15) is 11.6 Å². The normalized spacial score (nSPS) is 12.1. The van der Waals surface area contributed by atoms with E-state index in [4.69, 9.17) is 9.47 Å². The minimum absolute atomic E-state index is 0.287. The Morgan fingerprint density at radius 1 is 0.905 bits per heavy atom. The summed E-state index contributed by atoms with van der Waals surface area (Å²) in [6.07, 6.45) is 0. The Hall–Kier alpha value is -1.62. The predicted molar refractivity (Wildman–Crippen MR) is 81.4 cm³/mol. The number of hydrogen-bond donors (Lipinski definition) is 0. The van der Waals surface area contributed by atoms with E-state index in [0.29, 0.717) is 17.1 Å². The van der Waals surface area contributed by atoms with Crippen LogP contribution in [0.5, 0.6) is 11.5 Å². The third-order valence-electron chi connectivity index (χ3n) is 3.20. The Kier molecular flexibility index (Phi) is 4.83. The fourth-order valence-corrected chi connectivity index (χ4v) is 2.79. The molecule has 0 bridgehead atoms. The van der Waals surface area contributed by atoms with Crippen LogP contribution in [0, 0.1) is 18.6 Å². The molecule has 0 aliphatic heterocycles. The van der Waals surface area contributed by atoms with Gasteiger partial charge in [0.15, 0.2) is 11.5 Å². The number of ether oxygens (including phenoxy) is 2. The van der Waals surface area contributed by atoms with Crippen LogP contribution < -0.4 is 9.47 Å². The maximum absolute atomic E-state index is 14.2. The van der Waals surface area contributed by atoms with E-state index < -0.39 is 10.6 Å². The van der Waals surface area contributed by atoms with Gasteiger partial charge in [-0.3, -0.25) is 0 Å². The quantitative estimate of drug-likeness (QED) is 0.734. The zero-order valence-corrected chi connectivity index (χ0v) is 13.5. The van der Waals surface area contributed by atoms with Gasteiger partial charge in [0.25, 0.3) is 0 Å². The average Bonchev–Trinajstić information content (AvgIpc) is 2.46. The maximum Gasteiger partial charge on any atom is 0.163 e. The van der Waals surface area contributed by atoms with Crippen molar-refractivity contribution in [3.8, 4) is 11.5 Å². The van der Waals surface area contributed by atoms with Gasteiger partial charge in [0.2, 0.25) is 0 Å². The number of halogens is 3. The molecule has 2 rings (SSSR count). The number of alkyl halides is 1. The Morgan fingerprint density at radius 3 is 2.05 bits per heavy atom. The van der Waals surface area contributed by atoms with E-state index >= 15 is 0 Å². The summed E-state index contributed by atoms with van der Waals surface area (Å²) in [6, 6.07) is 7.58. The van der Waals surface area contributed by atoms with Crippen molar-refractivity contribution < 1.29 is 18.3 Å². The zero-order valence-electron chi connectivity index (χ0n) is 11.9. The molecular formula is C16H15BrF2O2. The number of hydrogen-bond acceptors (Lipinski definition) is 2. The van der Waals surface area contributed by atoms with Gasteiger partial charge in [0.05, 0.1) is 19.0 Å². The molecule has 0 spiro atoms. The second-order valence-electron chi connectivity index (χ2n) is 4.62. The van der Waals surface area contributed by atoms with Crippen LogP contribution in [0.1, 0.15) is 21.5 Å². The Balaban J connectivity index is 2.50. The van der Waals surface area contributed by atoms with Crippen LogP contribution in [0.4, 0.5) is 8.78 Å². The van der Waals surface area contributed by atoms with Gasteiger partial charge in [-0.15, -0.1) is 0 Å². The molecule has 2 nitrogen and oxygen atoms in total. The van der Waals surface area contributed by atoms with Gasteiger partial charge in [-0.2, -0.15) is 0 Å². The van der Waals surface area contributed by atoms with Gasteiger partial charge in [-0.05, 0) is 24.6 Å². The topological polar surface area (TPSA) is 18.5 Å². The molecule has 5 heteroatoms. The van der Waals surface area contributed by atoms with Crippen LogP contribution in [0.2, 0.25) is 0 Å². The number of aryl methyl sites for hydroxylation is 1. The van der Waals surface area contributed by atoms with E-state index in [-0.39, 0.29) is 11.4 Å². The monoisotopic (exact) mass is 356 g/mol. The van der Waals surface area contributed by atoms with Crippen LogP contribution in [0.15, 0.2) is 30.3 Å². The zero-order chi connectivity index (χ0) is 15.6. The van der Waals surface area contributed by atoms with Crippen molar-refractivity contribution in [1.29, 1.82) is 0 Å². The van der Waals surface area contributed by atoms with Crippen LogP contribution in [-0.2, 0) is 0 Å². The SMILES string of the molecule is COc1cc(F)c(C(Br)c2ccc(C)cc2F)cc1OC. The highest BCUT2D eigenvalue weighted by Gasteiger charge is 2.21. The molecular weight excluding hydrogens is 342 g/mol. The van der Waals surface area contributed by atoms with Gasteiger partial charge in [-0.1, -0.05) is 28.1 Å². The Labute approximate surface area is 130 Å². The molecule has 0 fully saturated rings. The molecule has 0 amide bonds.